The molecule has 1 aromatic carbocycles. The van der Waals surface area contributed by atoms with Crippen LogP contribution in [0.15, 0.2) is 24.3 Å². The van der Waals surface area contributed by atoms with Gasteiger partial charge in [0.05, 0.1) is 12.8 Å². The number of rotatable bonds is 6. The standard InChI is InChI=1S/C17H24N4O/c1-6-12(3)18-16-10-13(4)19-17(21-16)20-14-9-11(2)7-8-15(14)22-5/h7-10,12H,6H2,1-5H3,(H2,18,19,20,21). The topological polar surface area (TPSA) is 59.1 Å². The molecule has 0 aliphatic carbocycles. The van der Waals surface area contributed by atoms with E-state index in [2.05, 4.69) is 34.4 Å². The van der Waals surface area contributed by atoms with Gasteiger partial charge < -0.3 is 15.4 Å². The number of benzene rings is 1. The van der Waals surface area contributed by atoms with Crippen LogP contribution in [0.1, 0.15) is 31.5 Å². The minimum absolute atomic E-state index is 0.371. The number of hydrogen-bond acceptors (Lipinski definition) is 5. The minimum atomic E-state index is 0.371. The summed E-state index contributed by atoms with van der Waals surface area (Å²) in [5, 5.41) is 6.63. The predicted octanol–water partition coefficient (Wildman–Crippen LogP) is 4.06. The third kappa shape index (κ3) is 4.10. The molecule has 2 N–H and O–H groups in total. The van der Waals surface area contributed by atoms with Gasteiger partial charge in [-0.1, -0.05) is 13.0 Å². The third-order valence-electron chi connectivity index (χ3n) is 3.46. The zero-order chi connectivity index (χ0) is 16.1. The van der Waals surface area contributed by atoms with Crippen molar-refractivity contribution in [3.8, 4) is 5.75 Å². The van der Waals surface area contributed by atoms with Crippen LogP contribution < -0.4 is 15.4 Å². The van der Waals surface area contributed by atoms with Gasteiger partial charge in [0.2, 0.25) is 5.95 Å². The van der Waals surface area contributed by atoms with Gasteiger partial charge in [0.15, 0.2) is 0 Å². The average Bonchev–Trinajstić information content (AvgIpc) is 2.46. The predicted molar refractivity (Wildman–Crippen MR) is 91.2 cm³/mol. The molecule has 0 saturated carbocycles. The van der Waals surface area contributed by atoms with Crippen molar-refractivity contribution < 1.29 is 4.74 Å². The van der Waals surface area contributed by atoms with Crippen LogP contribution >= 0.6 is 0 Å². The maximum atomic E-state index is 5.38. The van der Waals surface area contributed by atoms with Gasteiger partial charge in [-0.25, -0.2) is 4.98 Å². The van der Waals surface area contributed by atoms with E-state index < -0.39 is 0 Å². The molecule has 0 amide bonds. The first-order valence-electron chi connectivity index (χ1n) is 7.55. The van der Waals surface area contributed by atoms with Gasteiger partial charge in [-0.3, -0.25) is 0 Å². The zero-order valence-electron chi connectivity index (χ0n) is 13.9. The molecule has 0 aliphatic heterocycles. The largest absolute Gasteiger partial charge is 0.495 e. The molecule has 5 nitrogen and oxygen atoms in total. The van der Waals surface area contributed by atoms with Crippen molar-refractivity contribution in [3.05, 3.63) is 35.5 Å². The monoisotopic (exact) mass is 300 g/mol. The highest BCUT2D eigenvalue weighted by atomic mass is 16.5. The normalized spacial score (nSPS) is 11.9. The van der Waals surface area contributed by atoms with Gasteiger partial charge in [-0.2, -0.15) is 4.98 Å². The maximum absolute atomic E-state index is 5.38. The molecule has 0 radical (unpaired) electrons. The molecule has 0 saturated heterocycles. The van der Waals surface area contributed by atoms with Crippen LogP contribution in [0.3, 0.4) is 0 Å². The molecule has 0 bridgehead atoms. The Morgan fingerprint density at radius 1 is 1.18 bits per heavy atom. The van der Waals surface area contributed by atoms with Crippen LogP contribution in [0.2, 0.25) is 0 Å². The van der Waals surface area contributed by atoms with Gasteiger partial charge in [0.1, 0.15) is 11.6 Å². The lowest BCUT2D eigenvalue weighted by atomic mass is 10.2. The van der Waals surface area contributed by atoms with Gasteiger partial charge in [0.25, 0.3) is 0 Å². The fourth-order valence-electron chi connectivity index (χ4n) is 2.09. The van der Waals surface area contributed by atoms with E-state index in [1.165, 1.54) is 0 Å². The summed E-state index contributed by atoms with van der Waals surface area (Å²) < 4.78 is 5.38. The Balaban J connectivity index is 2.28. The van der Waals surface area contributed by atoms with Crippen molar-refractivity contribution in [2.24, 2.45) is 0 Å². The number of nitrogens with zero attached hydrogens (tertiary/aromatic N) is 2. The molecule has 1 aromatic heterocycles. The first kappa shape index (κ1) is 16.1. The Morgan fingerprint density at radius 2 is 1.95 bits per heavy atom. The Bertz CT molecular complexity index is 643. The summed E-state index contributed by atoms with van der Waals surface area (Å²) >= 11 is 0. The Morgan fingerprint density at radius 3 is 2.64 bits per heavy atom. The number of methoxy groups -OCH3 is 1. The second-order valence-electron chi connectivity index (χ2n) is 5.50. The van der Waals surface area contributed by atoms with Gasteiger partial charge in [-0.15, -0.1) is 0 Å². The minimum Gasteiger partial charge on any atom is -0.495 e. The summed E-state index contributed by atoms with van der Waals surface area (Å²) in [5.74, 6) is 2.16. The summed E-state index contributed by atoms with van der Waals surface area (Å²) in [6.07, 6.45) is 1.04. The van der Waals surface area contributed by atoms with Gasteiger partial charge in [0, 0.05) is 17.8 Å². The number of nitrogens with one attached hydrogen (secondary N) is 2. The van der Waals surface area contributed by atoms with Crippen LogP contribution in [0, 0.1) is 13.8 Å². The lowest BCUT2D eigenvalue weighted by Crippen LogP contribution is -2.15. The first-order chi connectivity index (χ1) is 10.5. The Hall–Kier alpha value is -2.30. The van der Waals surface area contributed by atoms with E-state index in [4.69, 9.17) is 4.74 Å². The van der Waals surface area contributed by atoms with Gasteiger partial charge in [-0.05, 0) is 44.9 Å². The fraction of sp³-hybridized carbons (Fsp3) is 0.412. The second kappa shape index (κ2) is 7.11. The quantitative estimate of drug-likeness (QED) is 0.842. The highest BCUT2D eigenvalue weighted by molar-refractivity contribution is 5.64. The van der Waals surface area contributed by atoms with E-state index in [0.29, 0.717) is 12.0 Å². The second-order valence-corrected chi connectivity index (χ2v) is 5.50. The fourth-order valence-corrected chi connectivity index (χ4v) is 2.09. The molecule has 1 unspecified atom stereocenters. The smallest absolute Gasteiger partial charge is 0.229 e. The van der Waals surface area contributed by atoms with E-state index in [-0.39, 0.29) is 0 Å². The summed E-state index contributed by atoms with van der Waals surface area (Å²) in [6, 6.07) is 8.29. The molecule has 2 aromatic rings. The molecule has 118 valence electrons. The summed E-state index contributed by atoms with van der Waals surface area (Å²) in [7, 11) is 1.66. The van der Waals surface area contributed by atoms with Crippen LogP contribution in [0.5, 0.6) is 5.75 Å². The molecule has 1 atom stereocenters. The highest BCUT2D eigenvalue weighted by Gasteiger charge is 2.08. The lowest BCUT2D eigenvalue weighted by molar-refractivity contribution is 0.416. The van der Waals surface area contributed by atoms with E-state index in [0.717, 1.165) is 34.9 Å². The van der Waals surface area contributed by atoms with Crippen molar-refractivity contribution in [1.29, 1.82) is 0 Å². The zero-order valence-corrected chi connectivity index (χ0v) is 13.9. The van der Waals surface area contributed by atoms with E-state index in [9.17, 15) is 0 Å². The molecule has 22 heavy (non-hydrogen) atoms. The van der Waals surface area contributed by atoms with Crippen molar-refractivity contribution in [2.75, 3.05) is 17.7 Å². The first-order valence-corrected chi connectivity index (χ1v) is 7.55. The highest BCUT2D eigenvalue weighted by Crippen LogP contribution is 2.27. The molecular weight excluding hydrogens is 276 g/mol. The molecule has 5 heteroatoms. The number of aromatic nitrogens is 2. The third-order valence-corrected chi connectivity index (χ3v) is 3.46. The number of anilines is 3. The Labute approximate surface area is 132 Å². The average molecular weight is 300 g/mol. The van der Waals surface area contributed by atoms with E-state index in [1.54, 1.807) is 7.11 Å². The lowest BCUT2D eigenvalue weighted by Gasteiger charge is -2.15. The maximum Gasteiger partial charge on any atom is 0.229 e. The number of ether oxygens (including phenoxy) is 1. The Kier molecular flexibility index (Phi) is 5.20. The molecule has 1 heterocycles. The van der Waals surface area contributed by atoms with Crippen molar-refractivity contribution in [3.63, 3.8) is 0 Å². The molecular formula is C17H24N4O. The van der Waals surface area contributed by atoms with Crippen LogP contribution in [-0.2, 0) is 0 Å². The summed E-state index contributed by atoms with van der Waals surface area (Å²) in [6.45, 7) is 8.27. The number of hydrogen-bond donors (Lipinski definition) is 2. The molecule has 0 fully saturated rings. The molecule has 0 aliphatic rings. The van der Waals surface area contributed by atoms with Crippen molar-refractivity contribution >= 4 is 17.5 Å². The van der Waals surface area contributed by atoms with Crippen molar-refractivity contribution in [2.45, 2.75) is 40.2 Å². The van der Waals surface area contributed by atoms with Crippen molar-refractivity contribution in [1.82, 2.24) is 9.97 Å². The molecule has 2 rings (SSSR count). The van der Waals surface area contributed by atoms with Crippen LogP contribution in [0.4, 0.5) is 17.5 Å². The van der Waals surface area contributed by atoms with E-state index >= 15 is 0 Å². The van der Waals surface area contributed by atoms with E-state index in [1.807, 2.05) is 38.1 Å². The SMILES string of the molecule is CCC(C)Nc1cc(C)nc(Nc2cc(C)ccc2OC)n1. The van der Waals surface area contributed by atoms with Crippen LogP contribution in [-0.4, -0.2) is 23.1 Å². The van der Waals surface area contributed by atoms with Gasteiger partial charge >= 0.3 is 0 Å². The summed E-state index contributed by atoms with van der Waals surface area (Å²) in [4.78, 5) is 8.98. The summed E-state index contributed by atoms with van der Waals surface area (Å²) in [5.41, 5.74) is 2.92. The number of aryl methyl sites for hydroxylation is 2. The van der Waals surface area contributed by atoms with Crippen LogP contribution in [0.25, 0.3) is 0 Å². The molecule has 0 spiro atoms.